The molecule has 5 rings (SSSR count). The highest BCUT2D eigenvalue weighted by atomic mass is 35.5. The van der Waals surface area contributed by atoms with E-state index >= 15 is 0 Å². The van der Waals surface area contributed by atoms with E-state index in [-0.39, 0.29) is 43.0 Å². The maximum atomic E-state index is 13.0. The first kappa shape index (κ1) is 21.5. The molecule has 3 aliphatic heterocycles. The van der Waals surface area contributed by atoms with Crippen molar-refractivity contribution in [3.63, 3.8) is 0 Å². The largest absolute Gasteiger partial charge is 0.454 e. The molecule has 8 heteroatoms. The number of fused-ring (bicyclic) bond motifs is 2. The average molecular weight is 444 g/mol. The molecule has 2 N–H and O–H groups in total. The highest BCUT2D eigenvalue weighted by molar-refractivity contribution is 5.93. The van der Waals surface area contributed by atoms with Gasteiger partial charge in [-0.3, -0.25) is 9.59 Å². The topological polar surface area (TPSA) is 79.9 Å². The Labute approximate surface area is 187 Å². The number of carbonyl (C=O) groups is 2. The predicted octanol–water partition coefficient (Wildman–Crippen LogP) is 2.73. The normalized spacial score (nSPS) is 19.9. The molecule has 2 aromatic rings. The fraction of sp³-hybridized carbons (Fsp3) is 0.391. The van der Waals surface area contributed by atoms with Crippen LogP contribution in [0.5, 0.6) is 11.5 Å². The van der Waals surface area contributed by atoms with E-state index in [1.54, 1.807) is 12.1 Å². The molecule has 0 aromatic heterocycles. The van der Waals surface area contributed by atoms with Crippen molar-refractivity contribution >= 4 is 29.9 Å². The van der Waals surface area contributed by atoms with Gasteiger partial charge in [-0.2, -0.15) is 0 Å². The summed E-state index contributed by atoms with van der Waals surface area (Å²) >= 11 is 0. The first-order valence-corrected chi connectivity index (χ1v) is 10.5. The monoisotopic (exact) mass is 443 g/mol. The maximum Gasteiger partial charge on any atom is 0.240 e. The Morgan fingerprint density at radius 2 is 1.74 bits per heavy atom. The lowest BCUT2D eigenvalue weighted by Crippen LogP contribution is -2.52. The minimum Gasteiger partial charge on any atom is -0.454 e. The van der Waals surface area contributed by atoms with E-state index in [0.29, 0.717) is 43.1 Å². The van der Waals surface area contributed by atoms with Crippen LogP contribution in [0.1, 0.15) is 24.0 Å². The molecule has 2 amide bonds. The first-order valence-electron chi connectivity index (χ1n) is 10.5. The Bertz CT molecular complexity index is 975. The molecule has 1 fully saturated rings. The van der Waals surface area contributed by atoms with Crippen LogP contribution >= 0.6 is 12.4 Å². The SMILES string of the molecule is Cl.O=C(Nc1ccc2c(c1)OCO2)C1CCN(C(=O)[C@@H]2Cc3ccccc3CN2)CC1. The summed E-state index contributed by atoms with van der Waals surface area (Å²) in [6.45, 7) is 2.15. The smallest absolute Gasteiger partial charge is 0.240 e. The van der Waals surface area contributed by atoms with E-state index in [2.05, 4.69) is 22.8 Å². The van der Waals surface area contributed by atoms with Crippen LogP contribution in [-0.2, 0) is 22.6 Å². The summed E-state index contributed by atoms with van der Waals surface area (Å²) in [5, 5.41) is 6.34. The van der Waals surface area contributed by atoms with Gasteiger partial charge >= 0.3 is 0 Å². The second-order valence-corrected chi connectivity index (χ2v) is 8.06. The number of likely N-dealkylation sites (tertiary alicyclic amines) is 1. The van der Waals surface area contributed by atoms with Crippen LogP contribution in [0.2, 0.25) is 0 Å². The molecular formula is C23H26ClN3O4. The number of ether oxygens (including phenoxy) is 2. The highest BCUT2D eigenvalue weighted by Crippen LogP contribution is 2.34. The van der Waals surface area contributed by atoms with Gasteiger partial charge < -0.3 is 25.0 Å². The van der Waals surface area contributed by atoms with Crippen molar-refractivity contribution in [2.75, 3.05) is 25.2 Å². The van der Waals surface area contributed by atoms with Gasteiger partial charge in [0.15, 0.2) is 11.5 Å². The molecule has 0 unspecified atom stereocenters. The Balaban J connectivity index is 0.00000231. The zero-order chi connectivity index (χ0) is 20.5. The number of nitrogens with zero attached hydrogens (tertiary/aromatic N) is 1. The number of halogens is 1. The van der Waals surface area contributed by atoms with Crippen molar-refractivity contribution in [2.24, 2.45) is 5.92 Å². The number of amides is 2. The number of anilines is 1. The maximum absolute atomic E-state index is 13.0. The summed E-state index contributed by atoms with van der Waals surface area (Å²) in [5.41, 5.74) is 3.21. The third kappa shape index (κ3) is 4.48. The molecule has 3 aliphatic rings. The Kier molecular flexibility index (Phi) is 6.34. The van der Waals surface area contributed by atoms with Gasteiger partial charge in [0, 0.05) is 37.3 Å². The van der Waals surface area contributed by atoms with Crippen LogP contribution in [0.4, 0.5) is 5.69 Å². The Hall–Kier alpha value is -2.77. The standard InChI is InChI=1S/C23H25N3O4.ClH/c27-22(25-18-5-6-20-21(12-18)30-14-29-20)15-7-9-26(10-8-15)23(28)19-11-16-3-1-2-4-17(16)13-24-19;/h1-6,12,15,19,24H,7-11,13-14H2,(H,25,27);1H/t19-;/m0./s1. The van der Waals surface area contributed by atoms with Gasteiger partial charge in [0.05, 0.1) is 6.04 Å². The molecule has 3 heterocycles. The zero-order valence-corrected chi connectivity index (χ0v) is 18.0. The van der Waals surface area contributed by atoms with Crippen molar-refractivity contribution < 1.29 is 19.1 Å². The van der Waals surface area contributed by atoms with Crippen molar-refractivity contribution in [1.29, 1.82) is 0 Å². The minimum atomic E-state index is -0.182. The van der Waals surface area contributed by atoms with E-state index in [4.69, 9.17) is 9.47 Å². The molecule has 31 heavy (non-hydrogen) atoms. The van der Waals surface area contributed by atoms with E-state index < -0.39 is 0 Å². The second kappa shape index (κ2) is 9.16. The fourth-order valence-corrected chi connectivity index (χ4v) is 4.43. The number of rotatable bonds is 3. The van der Waals surface area contributed by atoms with Gasteiger partial charge in [-0.05, 0) is 42.5 Å². The average Bonchev–Trinajstić information content (AvgIpc) is 3.26. The molecule has 0 spiro atoms. The molecular weight excluding hydrogens is 418 g/mol. The summed E-state index contributed by atoms with van der Waals surface area (Å²) < 4.78 is 10.7. The molecule has 2 aromatic carbocycles. The second-order valence-electron chi connectivity index (χ2n) is 8.06. The quantitative estimate of drug-likeness (QED) is 0.762. The number of hydrogen-bond donors (Lipinski definition) is 2. The summed E-state index contributed by atoms with van der Waals surface area (Å²) in [6, 6.07) is 13.5. The lowest BCUT2D eigenvalue weighted by molar-refractivity contribution is -0.136. The van der Waals surface area contributed by atoms with Crippen LogP contribution in [0.15, 0.2) is 42.5 Å². The van der Waals surface area contributed by atoms with Crippen molar-refractivity contribution in [3.05, 3.63) is 53.6 Å². The number of hydrogen-bond acceptors (Lipinski definition) is 5. The zero-order valence-electron chi connectivity index (χ0n) is 17.1. The van der Waals surface area contributed by atoms with Crippen LogP contribution in [0.25, 0.3) is 0 Å². The van der Waals surface area contributed by atoms with Gasteiger partial charge in [-0.15, -0.1) is 12.4 Å². The summed E-state index contributed by atoms with van der Waals surface area (Å²) in [4.78, 5) is 27.6. The van der Waals surface area contributed by atoms with Crippen molar-refractivity contribution in [1.82, 2.24) is 10.2 Å². The Morgan fingerprint density at radius 1 is 1.00 bits per heavy atom. The molecule has 1 atom stereocenters. The highest BCUT2D eigenvalue weighted by Gasteiger charge is 2.32. The van der Waals surface area contributed by atoms with E-state index in [9.17, 15) is 9.59 Å². The third-order valence-electron chi connectivity index (χ3n) is 6.20. The van der Waals surface area contributed by atoms with Gasteiger partial charge in [0.2, 0.25) is 18.6 Å². The van der Waals surface area contributed by atoms with Crippen molar-refractivity contribution in [2.45, 2.75) is 31.8 Å². The van der Waals surface area contributed by atoms with Crippen LogP contribution < -0.4 is 20.1 Å². The summed E-state index contributed by atoms with van der Waals surface area (Å²) in [6.07, 6.45) is 2.07. The van der Waals surface area contributed by atoms with E-state index in [1.807, 2.05) is 23.1 Å². The minimum absolute atomic E-state index is 0. The van der Waals surface area contributed by atoms with Gasteiger partial charge in [0.25, 0.3) is 0 Å². The van der Waals surface area contributed by atoms with E-state index in [0.717, 1.165) is 13.0 Å². The molecule has 0 saturated carbocycles. The lowest BCUT2D eigenvalue weighted by atomic mass is 9.92. The van der Waals surface area contributed by atoms with E-state index in [1.165, 1.54) is 11.1 Å². The molecule has 0 aliphatic carbocycles. The number of carbonyl (C=O) groups excluding carboxylic acids is 2. The summed E-state index contributed by atoms with van der Waals surface area (Å²) in [5.74, 6) is 1.37. The predicted molar refractivity (Wildman–Crippen MR) is 119 cm³/mol. The van der Waals surface area contributed by atoms with Crippen molar-refractivity contribution in [3.8, 4) is 11.5 Å². The number of piperidine rings is 1. The summed E-state index contributed by atoms with van der Waals surface area (Å²) in [7, 11) is 0. The van der Waals surface area contributed by atoms with Gasteiger partial charge in [0.1, 0.15) is 0 Å². The van der Waals surface area contributed by atoms with Crippen LogP contribution in [0, 0.1) is 5.92 Å². The number of nitrogens with one attached hydrogen (secondary N) is 2. The molecule has 164 valence electrons. The Morgan fingerprint density at radius 3 is 2.55 bits per heavy atom. The first-order chi connectivity index (χ1) is 14.7. The van der Waals surface area contributed by atoms with Gasteiger partial charge in [-0.1, -0.05) is 24.3 Å². The van der Waals surface area contributed by atoms with Crippen LogP contribution in [0.3, 0.4) is 0 Å². The van der Waals surface area contributed by atoms with Gasteiger partial charge in [-0.25, -0.2) is 0 Å². The molecule has 0 bridgehead atoms. The molecule has 1 saturated heterocycles. The fourth-order valence-electron chi connectivity index (χ4n) is 4.43. The molecule has 0 radical (unpaired) electrons. The molecule has 7 nitrogen and oxygen atoms in total. The van der Waals surface area contributed by atoms with Crippen LogP contribution in [-0.4, -0.2) is 42.6 Å². The number of benzene rings is 2. The lowest BCUT2D eigenvalue weighted by Gasteiger charge is -2.35. The third-order valence-corrected chi connectivity index (χ3v) is 6.20.